The molecule has 0 radical (unpaired) electrons. The Bertz CT molecular complexity index is 570. The van der Waals surface area contributed by atoms with E-state index in [1.54, 1.807) is 25.1 Å². The summed E-state index contributed by atoms with van der Waals surface area (Å²) < 4.78 is 25.8. The maximum Gasteiger partial charge on any atom is 0.322 e. The number of rotatable bonds is 3. The highest BCUT2D eigenvalue weighted by Crippen LogP contribution is 2.28. The van der Waals surface area contributed by atoms with E-state index in [1.165, 1.54) is 17.8 Å². The molecule has 1 fully saturated rings. The molecule has 0 bridgehead atoms. The molecule has 98 valence electrons. The lowest BCUT2D eigenvalue weighted by molar-refractivity contribution is -0.140. The number of hydrogen-bond acceptors (Lipinski definition) is 4. The summed E-state index contributed by atoms with van der Waals surface area (Å²) in [5.41, 5.74) is 0.829. The first-order chi connectivity index (χ1) is 8.43. The van der Waals surface area contributed by atoms with Crippen LogP contribution in [-0.4, -0.2) is 41.5 Å². The third-order valence-electron chi connectivity index (χ3n) is 2.72. The van der Waals surface area contributed by atoms with Crippen molar-refractivity contribution in [2.45, 2.75) is 17.9 Å². The second-order valence-electron chi connectivity index (χ2n) is 4.06. The molecule has 5 nitrogen and oxygen atoms in total. The number of carbonyl (C=O) groups is 1. The Morgan fingerprint density at radius 3 is 2.83 bits per heavy atom. The lowest BCUT2D eigenvalue weighted by Gasteiger charge is -2.20. The van der Waals surface area contributed by atoms with Crippen molar-refractivity contribution in [2.24, 2.45) is 0 Å². The van der Waals surface area contributed by atoms with Gasteiger partial charge in [0.15, 0.2) is 0 Å². The standard InChI is InChI=1S/C11H13NO4S2/c1-8-3-2-4-9(5-8)18(15,16)12-7-17-6-10(12)11(13)14/h2-5,10H,6-7H2,1H3,(H,13,14)/t10-/m1/s1. The van der Waals surface area contributed by atoms with E-state index in [2.05, 4.69) is 0 Å². The van der Waals surface area contributed by atoms with Crippen LogP contribution in [0.15, 0.2) is 29.2 Å². The second-order valence-corrected chi connectivity index (χ2v) is 6.95. The maximum absolute atomic E-state index is 12.4. The van der Waals surface area contributed by atoms with Crippen molar-refractivity contribution >= 4 is 27.8 Å². The van der Waals surface area contributed by atoms with Crippen LogP contribution in [0.2, 0.25) is 0 Å². The van der Waals surface area contributed by atoms with Gasteiger partial charge in [0.2, 0.25) is 10.0 Å². The molecule has 0 amide bonds. The Balaban J connectivity index is 2.40. The second kappa shape index (κ2) is 4.91. The fourth-order valence-electron chi connectivity index (χ4n) is 1.77. The van der Waals surface area contributed by atoms with Gasteiger partial charge in [0, 0.05) is 5.75 Å². The van der Waals surface area contributed by atoms with Crippen LogP contribution < -0.4 is 0 Å². The molecule has 0 unspecified atom stereocenters. The van der Waals surface area contributed by atoms with Gasteiger partial charge in [0.1, 0.15) is 6.04 Å². The first-order valence-electron chi connectivity index (χ1n) is 5.32. The van der Waals surface area contributed by atoms with Crippen LogP contribution in [0.5, 0.6) is 0 Å². The van der Waals surface area contributed by atoms with Crippen LogP contribution in [0.1, 0.15) is 5.56 Å². The number of carboxylic acid groups (broad SMARTS) is 1. The van der Waals surface area contributed by atoms with Crippen molar-refractivity contribution in [1.29, 1.82) is 0 Å². The monoisotopic (exact) mass is 287 g/mol. The van der Waals surface area contributed by atoms with Gasteiger partial charge >= 0.3 is 5.97 Å². The summed E-state index contributed by atoms with van der Waals surface area (Å²) in [5.74, 6) is -0.621. The number of carboxylic acids is 1. The van der Waals surface area contributed by atoms with Crippen molar-refractivity contribution in [2.75, 3.05) is 11.6 Å². The first kappa shape index (κ1) is 13.4. The summed E-state index contributed by atoms with van der Waals surface area (Å²) >= 11 is 1.31. The zero-order valence-electron chi connectivity index (χ0n) is 9.74. The Morgan fingerprint density at radius 2 is 2.22 bits per heavy atom. The predicted octanol–water partition coefficient (Wildman–Crippen LogP) is 1.14. The lowest BCUT2D eigenvalue weighted by Crippen LogP contribution is -2.41. The van der Waals surface area contributed by atoms with Gasteiger partial charge in [-0.25, -0.2) is 8.42 Å². The molecule has 1 aliphatic heterocycles. The lowest BCUT2D eigenvalue weighted by atomic mass is 10.2. The van der Waals surface area contributed by atoms with Gasteiger partial charge in [-0.15, -0.1) is 11.8 Å². The average Bonchev–Trinajstić information content (AvgIpc) is 2.78. The summed E-state index contributed by atoms with van der Waals surface area (Å²) in [6.07, 6.45) is 0. The van der Waals surface area contributed by atoms with E-state index < -0.39 is 22.0 Å². The minimum absolute atomic E-state index is 0.149. The molecule has 1 aromatic rings. The zero-order chi connectivity index (χ0) is 13.3. The number of aliphatic carboxylic acids is 1. The molecule has 0 saturated carbocycles. The largest absolute Gasteiger partial charge is 0.480 e. The van der Waals surface area contributed by atoms with Crippen molar-refractivity contribution in [3.05, 3.63) is 29.8 Å². The van der Waals surface area contributed by atoms with E-state index in [1.807, 2.05) is 0 Å². The molecule has 1 heterocycles. The summed E-state index contributed by atoms with van der Waals surface area (Å²) in [6.45, 7) is 1.80. The molecule has 0 aliphatic carbocycles. The Labute approximate surface area is 110 Å². The number of benzene rings is 1. The summed E-state index contributed by atoms with van der Waals surface area (Å²) in [4.78, 5) is 11.2. The van der Waals surface area contributed by atoms with Crippen molar-refractivity contribution < 1.29 is 18.3 Å². The van der Waals surface area contributed by atoms with Crippen molar-refractivity contribution in [3.8, 4) is 0 Å². The minimum Gasteiger partial charge on any atom is -0.480 e. The third-order valence-corrected chi connectivity index (χ3v) is 5.75. The normalized spacial score (nSPS) is 21.1. The number of aryl methyl sites for hydroxylation is 1. The van der Waals surface area contributed by atoms with Crippen LogP contribution in [0, 0.1) is 6.92 Å². The maximum atomic E-state index is 12.4. The molecule has 7 heteroatoms. The van der Waals surface area contributed by atoms with Crippen molar-refractivity contribution in [3.63, 3.8) is 0 Å². The molecular weight excluding hydrogens is 274 g/mol. The van der Waals surface area contributed by atoms with Crippen LogP contribution in [0.25, 0.3) is 0 Å². The van der Waals surface area contributed by atoms with Gasteiger partial charge in [-0.05, 0) is 24.6 Å². The molecule has 1 aliphatic rings. The molecule has 0 aromatic heterocycles. The minimum atomic E-state index is -3.72. The topological polar surface area (TPSA) is 74.7 Å². The molecule has 1 N–H and O–H groups in total. The number of thioether (sulfide) groups is 1. The Kier molecular flexibility index (Phi) is 3.65. The zero-order valence-corrected chi connectivity index (χ0v) is 11.4. The van der Waals surface area contributed by atoms with Gasteiger partial charge in [-0.3, -0.25) is 4.79 Å². The number of nitrogens with zero attached hydrogens (tertiary/aromatic N) is 1. The molecular formula is C11H13NO4S2. The molecule has 1 aromatic carbocycles. The highest BCUT2D eigenvalue weighted by molar-refractivity contribution is 8.00. The van der Waals surface area contributed by atoms with Crippen LogP contribution >= 0.6 is 11.8 Å². The quantitative estimate of drug-likeness (QED) is 0.902. The van der Waals surface area contributed by atoms with E-state index in [9.17, 15) is 13.2 Å². The van der Waals surface area contributed by atoms with E-state index in [0.717, 1.165) is 9.87 Å². The molecule has 18 heavy (non-hydrogen) atoms. The van der Waals surface area contributed by atoms with Gasteiger partial charge in [-0.2, -0.15) is 4.31 Å². The fraction of sp³-hybridized carbons (Fsp3) is 0.364. The smallest absolute Gasteiger partial charge is 0.322 e. The molecule has 1 atom stereocenters. The van der Waals surface area contributed by atoms with Crippen LogP contribution in [0.4, 0.5) is 0 Å². The van der Waals surface area contributed by atoms with Gasteiger partial charge in [-0.1, -0.05) is 12.1 Å². The predicted molar refractivity (Wildman–Crippen MR) is 69.0 cm³/mol. The molecule has 1 saturated heterocycles. The van der Waals surface area contributed by atoms with Gasteiger partial charge < -0.3 is 5.11 Å². The highest BCUT2D eigenvalue weighted by atomic mass is 32.2. The van der Waals surface area contributed by atoms with E-state index >= 15 is 0 Å². The third kappa shape index (κ3) is 2.38. The van der Waals surface area contributed by atoms with Gasteiger partial charge in [0.25, 0.3) is 0 Å². The fourth-order valence-corrected chi connectivity index (χ4v) is 5.01. The molecule has 0 spiro atoms. The highest BCUT2D eigenvalue weighted by Gasteiger charge is 2.39. The van der Waals surface area contributed by atoms with E-state index in [0.29, 0.717) is 5.75 Å². The SMILES string of the molecule is Cc1cccc(S(=O)(=O)N2CSC[C@@H]2C(=O)O)c1. The average molecular weight is 287 g/mol. The number of hydrogen-bond donors (Lipinski definition) is 1. The van der Waals surface area contributed by atoms with Crippen LogP contribution in [0.3, 0.4) is 0 Å². The van der Waals surface area contributed by atoms with E-state index in [4.69, 9.17) is 5.11 Å². The summed E-state index contributed by atoms with van der Waals surface area (Å²) in [7, 11) is -3.72. The Hall–Kier alpha value is -1.05. The molecule has 2 rings (SSSR count). The van der Waals surface area contributed by atoms with E-state index in [-0.39, 0.29) is 10.8 Å². The summed E-state index contributed by atoms with van der Waals surface area (Å²) in [5, 5.41) is 9.03. The first-order valence-corrected chi connectivity index (χ1v) is 7.91. The van der Waals surface area contributed by atoms with Crippen molar-refractivity contribution in [1.82, 2.24) is 4.31 Å². The number of sulfonamides is 1. The Morgan fingerprint density at radius 1 is 1.50 bits per heavy atom. The van der Waals surface area contributed by atoms with Gasteiger partial charge in [0.05, 0.1) is 10.8 Å². The van der Waals surface area contributed by atoms with Crippen LogP contribution in [-0.2, 0) is 14.8 Å². The summed E-state index contributed by atoms with van der Waals surface area (Å²) in [6, 6.07) is 5.52.